The Labute approximate surface area is 138 Å². The number of nitrogens with one attached hydrogen (secondary N) is 1. The van der Waals surface area contributed by atoms with Crippen molar-refractivity contribution in [1.29, 1.82) is 0 Å². The lowest BCUT2D eigenvalue weighted by Gasteiger charge is -2.06. The molecule has 0 amide bonds. The van der Waals surface area contributed by atoms with Gasteiger partial charge in [-0.05, 0) is 31.4 Å². The number of aryl methyl sites for hydroxylation is 1. The minimum absolute atomic E-state index is 0.519. The second-order valence-electron chi connectivity index (χ2n) is 4.49. The van der Waals surface area contributed by atoms with E-state index in [0.29, 0.717) is 16.7 Å². The third-order valence-electron chi connectivity index (χ3n) is 2.88. The van der Waals surface area contributed by atoms with Crippen LogP contribution in [0.25, 0.3) is 0 Å². The van der Waals surface area contributed by atoms with E-state index < -0.39 is 0 Å². The number of aromatic nitrogens is 2. The van der Waals surface area contributed by atoms with Gasteiger partial charge in [-0.1, -0.05) is 34.5 Å². The molecule has 0 radical (unpaired) electrons. The highest BCUT2D eigenvalue weighted by atomic mass is 35.5. The van der Waals surface area contributed by atoms with Crippen LogP contribution in [0.3, 0.4) is 0 Å². The molecule has 1 N–H and O–H groups in total. The fraction of sp³-hybridized carbons (Fsp3) is 0.429. The van der Waals surface area contributed by atoms with Gasteiger partial charge in [-0.3, -0.25) is 0 Å². The molecule has 0 atom stereocenters. The minimum atomic E-state index is 0.519. The van der Waals surface area contributed by atoms with Crippen LogP contribution >= 0.6 is 34.5 Å². The molecule has 0 fully saturated rings. The number of halogens is 2. The predicted molar refractivity (Wildman–Crippen MR) is 89.0 cm³/mol. The average molecular weight is 346 g/mol. The van der Waals surface area contributed by atoms with Crippen molar-refractivity contribution in [2.75, 3.05) is 19.0 Å². The summed E-state index contributed by atoms with van der Waals surface area (Å²) in [6, 6.07) is 5.31. The predicted octanol–water partition coefficient (Wildman–Crippen LogP) is 4.68. The molecule has 0 saturated heterocycles. The SMILES string of the molecule is CNc1nnc(CCCCCOc2ccc(Cl)c(Cl)c2)s1. The topological polar surface area (TPSA) is 47.0 Å². The number of nitrogens with zero attached hydrogens (tertiary/aromatic N) is 2. The van der Waals surface area contributed by atoms with Crippen LogP contribution in [0.2, 0.25) is 10.0 Å². The fourth-order valence-electron chi connectivity index (χ4n) is 1.77. The van der Waals surface area contributed by atoms with Gasteiger partial charge >= 0.3 is 0 Å². The quantitative estimate of drug-likeness (QED) is 0.705. The van der Waals surface area contributed by atoms with E-state index in [1.165, 1.54) is 0 Å². The van der Waals surface area contributed by atoms with Crippen molar-refractivity contribution >= 4 is 39.7 Å². The molecular formula is C14H17Cl2N3OS. The number of benzene rings is 1. The van der Waals surface area contributed by atoms with Gasteiger partial charge in [-0.15, -0.1) is 10.2 Å². The van der Waals surface area contributed by atoms with Crippen molar-refractivity contribution in [3.63, 3.8) is 0 Å². The van der Waals surface area contributed by atoms with Crippen LogP contribution in [-0.4, -0.2) is 23.9 Å². The van der Waals surface area contributed by atoms with Crippen LogP contribution in [0, 0.1) is 0 Å². The molecule has 21 heavy (non-hydrogen) atoms. The third kappa shape index (κ3) is 5.34. The molecule has 2 rings (SSSR count). The smallest absolute Gasteiger partial charge is 0.205 e. The van der Waals surface area contributed by atoms with Gasteiger partial charge in [0.15, 0.2) is 0 Å². The molecule has 0 spiro atoms. The molecule has 1 aromatic heterocycles. The van der Waals surface area contributed by atoms with Crippen molar-refractivity contribution in [3.8, 4) is 5.75 Å². The summed E-state index contributed by atoms with van der Waals surface area (Å²) in [6.45, 7) is 0.676. The largest absolute Gasteiger partial charge is 0.494 e. The first kappa shape index (κ1) is 16.3. The normalized spacial score (nSPS) is 10.6. The first-order chi connectivity index (χ1) is 10.2. The van der Waals surface area contributed by atoms with Crippen molar-refractivity contribution in [2.24, 2.45) is 0 Å². The lowest BCUT2D eigenvalue weighted by Crippen LogP contribution is -1.97. The molecule has 2 aromatic rings. The van der Waals surface area contributed by atoms with Crippen molar-refractivity contribution in [2.45, 2.75) is 25.7 Å². The summed E-state index contributed by atoms with van der Waals surface area (Å²) in [5.41, 5.74) is 0. The monoisotopic (exact) mass is 345 g/mol. The highest BCUT2D eigenvalue weighted by Crippen LogP contribution is 2.26. The summed E-state index contributed by atoms with van der Waals surface area (Å²) >= 11 is 13.4. The second-order valence-corrected chi connectivity index (χ2v) is 6.36. The van der Waals surface area contributed by atoms with Gasteiger partial charge in [0.1, 0.15) is 10.8 Å². The Morgan fingerprint density at radius 1 is 1.14 bits per heavy atom. The van der Waals surface area contributed by atoms with E-state index >= 15 is 0 Å². The number of hydrogen-bond donors (Lipinski definition) is 1. The van der Waals surface area contributed by atoms with Gasteiger partial charge in [0.05, 0.1) is 16.7 Å². The Kier molecular flexibility index (Phi) is 6.54. The molecule has 0 aliphatic rings. The van der Waals surface area contributed by atoms with E-state index in [0.717, 1.165) is 41.6 Å². The minimum Gasteiger partial charge on any atom is -0.494 e. The molecule has 4 nitrogen and oxygen atoms in total. The maximum Gasteiger partial charge on any atom is 0.205 e. The van der Waals surface area contributed by atoms with E-state index in [1.54, 1.807) is 23.5 Å². The maximum atomic E-state index is 5.93. The Balaban J connectivity index is 1.60. The molecule has 0 aliphatic carbocycles. The molecule has 7 heteroatoms. The molecule has 1 aromatic carbocycles. The lowest BCUT2D eigenvalue weighted by molar-refractivity contribution is 0.305. The zero-order valence-electron chi connectivity index (χ0n) is 11.7. The Morgan fingerprint density at radius 2 is 2.00 bits per heavy atom. The first-order valence-corrected chi connectivity index (χ1v) is 8.34. The Hall–Kier alpha value is -1.04. The molecule has 0 aliphatic heterocycles. The zero-order valence-corrected chi connectivity index (χ0v) is 14.1. The van der Waals surface area contributed by atoms with Crippen molar-refractivity contribution in [1.82, 2.24) is 10.2 Å². The number of rotatable bonds is 8. The van der Waals surface area contributed by atoms with E-state index in [1.807, 2.05) is 13.1 Å². The van der Waals surface area contributed by atoms with Crippen LogP contribution < -0.4 is 10.1 Å². The Bertz CT molecular complexity index is 577. The number of ether oxygens (including phenoxy) is 1. The van der Waals surface area contributed by atoms with Crippen LogP contribution in [-0.2, 0) is 6.42 Å². The number of anilines is 1. The van der Waals surface area contributed by atoms with E-state index in [2.05, 4.69) is 15.5 Å². The molecule has 114 valence electrons. The number of unbranched alkanes of at least 4 members (excludes halogenated alkanes) is 2. The average Bonchev–Trinajstić information content (AvgIpc) is 2.94. The number of hydrogen-bond acceptors (Lipinski definition) is 5. The first-order valence-electron chi connectivity index (χ1n) is 6.77. The highest BCUT2D eigenvalue weighted by Gasteiger charge is 2.03. The maximum absolute atomic E-state index is 5.93. The van der Waals surface area contributed by atoms with Gasteiger partial charge in [-0.2, -0.15) is 0 Å². The summed E-state index contributed by atoms with van der Waals surface area (Å²) in [5.74, 6) is 0.757. The second kappa shape index (κ2) is 8.41. The van der Waals surface area contributed by atoms with Crippen LogP contribution in [0.15, 0.2) is 18.2 Å². The van der Waals surface area contributed by atoms with E-state index in [4.69, 9.17) is 27.9 Å². The van der Waals surface area contributed by atoms with Gasteiger partial charge < -0.3 is 10.1 Å². The summed E-state index contributed by atoms with van der Waals surface area (Å²) < 4.78 is 5.64. The van der Waals surface area contributed by atoms with Gasteiger partial charge in [-0.25, -0.2) is 0 Å². The van der Waals surface area contributed by atoms with Crippen molar-refractivity contribution in [3.05, 3.63) is 33.3 Å². The molecule has 0 unspecified atom stereocenters. The fourth-order valence-corrected chi connectivity index (χ4v) is 2.79. The van der Waals surface area contributed by atoms with Crippen LogP contribution in [0.5, 0.6) is 5.75 Å². The summed E-state index contributed by atoms with van der Waals surface area (Å²) in [6.07, 6.45) is 4.14. The van der Waals surface area contributed by atoms with Crippen molar-refractivity contribution < 1.29 is 4.74 Å². The lowest BCUT2D eigenvalue weighted by atomic mass is 10.2. The molecular weight excluding hydrogens is 329 g/mol. The van der Waals surface area contributed by atoms with Gasteiger partial charge in [0.25, 0.3) is 0 Å². The third-order valence-corrected chi connectivity index (χ3v) is 4.62. The molecule has 1 heterocycles. The highest BCUT2D eigenvalue weighted by molar-refractivity contribution is 7.15. The van der Waals surface area contributed by atoms with E-state index in [-0.39, 0.29) is 0 Å². The summed E-state index contributed by atoms with van der Waals surface area (Å²) in [4.78, 5) is 0. The van der Waals surface area contributed by atoms with Crippen LogP contribution in [0.1, 0.15) is 24.3 Å². The molecule has 0 saturated carbocycles. The zero-order chi connectivity index (χ0) is 15.1. The van der Waals surface area contributed by atoms with Gasteiger partial charge in [0.2, 0.25) is 5.13 Å². The Morgan fingerprint density at radius 3 is 2.71 bits per heavy atom. The van der Waals surface area contributed by atoms with Gasteiger partial charge in [0, 0.05) is 19.5 Å². The standard InChI is InChI=1S/C14H17Cl2N3OS/c1-17-14-19-18-13(21-14)5-3-2-4-8-20-10-6-7-11(15)12(16)9-10/h6-7,9H,2-5,8H2,1H3,(H,17,19). The molecule has 0 bridgehead atoms. The van der Waals surface area contributed by atoms with Crippen LogP contribution in [0.4, 0.5) is 5.13 Å². The summed E-state index contributed by atoms with van der Waals surface area (Å²) in [5, 5.41) is 14.1. The summed E-state index contributed by atoms with van der Waals surface area (Å²) in [7, 11) is 1.85. The van der Waals surface area contributed by atoms with E-state index in [9.17, 15) is 0 Å².